The van der Waals surface area contributed by atoms with E-state index in [0.717, 1.165) is 33.5 Å². The molecule has 1 atom stereocenters. The predicted molar refractivity (Wildman–Crippen MR) is 104 cm³/mol. The minimum Gasteiger partial charge on any atom is -0.437 e. The molecule has 1 fully saturated rings. The molecule has 27 heavy (non-hydrogen) atoms. The Morgan fingerprint density at radius 3 is 2.85 bits per heavy atom. The third kappa shape index (κ3) is 3.83. The van der Waals surface area contributed by atoms with Gasteiger partial charge >= 0.3 is 0 Å². The number of aromatic nitrogens is 4. The lowest BCUT2D eigenvalue weighted by Gasteiger charge is -2.18. The summed E-state index contributed by atoms with van der Waals surface area (Å²) in [5.74, 6) is 1.84. The van der Waals surface area contributed by atoms with E-state index in [0.29, 0.717) is 18.2 Å². The SMILES string of the molecule is COCC(OC)c1cccnc1Oc1ccc2c(nnn2CC2CC2)c1Br. The van der Waals surface area contributed by atoms with Gasteiger partial charge in [-0.25, -0.2) is 9.67 Å². The highest BCUT2D eigenvalue weighted by Gasteiger charge is 2.24. The highest BCUT2D eigenvalue weighted by atomic mass is 79.9. The van der Waals surface area contributed by atoms with Crippen molar-refractivity contribution in [2.75, 3.05) is 20.8 Å². The molecular weight excluding hydrogens is 412 g/mol. The molecule has 7 nitrogen and oxygen atoms in total. The molecule has 0 amide bonds. The molecular formula is C19H21BrN4O3. The second kappa shape index (κ2) is 7.92. The molecule has 1 aromatic carbocycles. The first-order chi connectivity index (χ1) is 13.2. The zero-order chi connectivity index (χ0) is 18.8. The molecule has 0 bridgehead atoms. The minimum absolute atomic E-state index is 0.263. The van der Waals surface area contributed by atoms with Crippen LogP contribution in [0.2, 0.25) is 0 Å². The lowest BCUT2D eigenvalue weighted by atomic mass is 10.1. The highest BCUT2D eigenvalue weighted by molar-refractivity contribution is 9.10. The summed E-state index contributed by atoms with van der Waals surface area (Å²) in [7, 11) is 3.28. The van der Waals surface area contributed by atoms with Crippen molar-refractivity contribution in [2.45, 2.75) is 25.5 Å². The van der Waals surface area contributed by atoms with E-state index in [1.54, 1.807) is 20.4 Å². The van der Waals surface area contributed by atoms with Crippen LogP contribution in [0.4, 0.5) is 0 Å². The van der Waals surface area contributed by atoms with E-state index >= 15 is 0 Å². The number of ether oxygens (including phenoxy) is 3. The molecule has 1 saturated carbocycles. The van der Waals surface area contributed by atoms with Gasteiger partial charge in [-0.1, -0.05) is 5.21 Å². The van der Waals surface area contributed by atoms with E-state index in [-0.39, 0.29) is 6.10 Å². The van der Waals surface area contributed by atoms with Crippen LogP contribution in [0.3, 0.4) is 0 Å². The Morgan fingerprint density at radius 2 is 2.11 bits per heavy atom. The average molecular weight is 433 g/mol. The van der Waals surface area contributed by atoms with Gasteiger partial charge < -0.3 is 14.2 Å². The molecule has 0 radical (unpaired) electrons. The molecule has 0 saturated heterocycles. The molecule has 1 aliphatic carbocycles. The van der Waals surface area contributed by atoms with Crippen molar-refractivity contribution in [3.05, 3.63) is 40.5 Å². The Bertz CT molecular complexity index is 942. The summed E-state index contributed by atoms with van der Waals surface area (Å²) in [6.45, 7) is 1.33. The van der Waals surface area contributed by atoms with Crippen LogP contribution in [-0.2, 0) is 16.0 Å². The monoisotopic (exact) mass is 432 g/mol. The van der Waals surface area contributed by atoms with Gasteiger partial charge in [0.25, 0.3) is 0 Å². The normalized spacial score (nSPS) is 15.2. The molecule has 3 aromatic rings. The first-order valence-corrected chi connectivity index (χ1v) is 9.66. The summed E-state index contributed by atoms with van der Waals surface area (Å²) < 4.78 is 19.6. The standard InChI is InChI=1S/C19H21BrN4O3/c1-25-11-16(26-2)13-4-3-9-21-19(13)27-15-8-7-14-18(17(15)20)22-23-24(14)10-12-5-6-12/h3-4,7-9,12,16H,5-6,10-11H2,1-2H3. The van der Waals surface area contributed by atoms with Crippen molar-refractivity contribution < 1.29 is 14.2 Å². The number of rotatable bonds is 8. The fourth-order valence-electron chi connectivity index (χ4n) is 3.02. The summed E-state index contributed by atoms with van der Waals surface area (Å²) in [6, 6.07) is 7.68. The molecule has 2 heterocycles. The maximum absolute atomic E-state index is 6.11. The molecule has 0 aliphatic heterocycles. The number of methoxy groups -OCH3 is 2. The van der Waals surface area contributed by atoms with Crippen molar-refractivity contribution in [3.8, 4) is 11.6 Å². The van der Waals surface area contributed by atoms with Gasteiger partial charge in [0.2, 0.25) is 5.88 Å². The largest absolute Gasteiger partial charge is 0.437 e. The van der Waals surface area contributed by atoms with Crippen LogP contribution in [0.15, 0.2) is 34.9 Å². The van der Waals surface area contributed by atoms with Crippen LogP contribution in [0.25, 0.3) is 11.0 Å². The summed E-state index contributed by atoms with van der Waals surface area (Å²) in [6.07, 6.45) is 3.97. The second-order valence-electron chi connectivity index (χ2n) is 6.64. The van der Waals surface area contributed by atoms with Gasteiger partial charge in [-0.2, -0.15) is 0 Å². The van der Waals surface area contributed by atoms with Gasteiger partial charge in [-0.05, 0) is 59.0 Å². The fourth-order valence-corrected chi connectivity index (χ4v) is 3.51. The van der Waals surface area contributed by atoms with Crippen LogP contribution in [0.5, 0.6) is 11.6 Å². The number of benzene rings is 1. The van der Waals surface area contributed by atoms with E-state index in [9.17, 15) is 0 Å². The molecule has 0 spiro atoms. The molecule has 1 unspecified atom stereocenters. The van der Waals surface area contributed by atoms with E-state index in [1.165, 1.54) is 12.8 Å². The van der Waals surface area contributed by atoms with Crippen molar-refractivity contribution in [2.24, 2.45) is 5.92 Å². The van der Waals surface area contributed by atoms with E-state index in [2.05, 4.69) is 31.2 Å². The van der Waals surface area contributed by atoms with E-state index in [1.807, 2.05) is 28.9 Å². The van der Waals surface area contributed by atoms with Gasteiger partial charge in [0, 0.05) is 32.5 Å². The number of fused-ring (bicyclic) bond motifs is 1. The van der Waals surface area contributed by atoms with Gasteiger partial charge in [-0.3, -0.25) is 0 Å². The molecule has 142 valence electrons. The Hall–Kier alpha value is -2.03. The van der Waals surface area contributed by atoms with Crippen molar-refractivity contribution in [1.29, 1.82) is 0 Å². The first kappa shape index (κ1) is 18.3. The number of halogens is 1. The number of hydrogen-bond acceptors (Lipinski definition) is 6. The first-order valence-electron chi connectivity index (χ1n) is 8.87. The van der Waals surface area contributed by atoms with Crippen LogP contribution >= 0.6 is 15.9 Å². The highest BCUT2D eigenvalue weighted by Crippen LogP contribution is 2.37. The maximum atomic E-state index is 6.11. The minimum atomic E-state index is -0.263. The zero-order valence-corrected chi connectivity index (χ0v) is 16.8. The quantitative estimate of drug-likeness (QED) is 0.532. The Kier molecular flexibility index (Phi) is 5.38. The fraction of sp³-hybridized carbons (Fsp3) is 0.421. The molecule has 1 aliphatic rings. The van der Waals surface area contributed by atoms with Crippen LogP contribution < -0.4 is 4.74 Å². The smallest absolute Gasteiger partial charge is 0.225 e. The number of nitrogens with zero attached hydrogens (tertiary/aromatic N) is 4. The van der Waals surface area contributed by atoms with Crippen molar-refractivity contribution in [3.63, 3.8) is 0 Å². The molecule has 2 aromatic heterocycles. The predicted octanol–water partition coefficient (Wildman–Crippen LogP) is 4.13. The van der Waals surface area contributed by atoms with Crippen molar-refractivity contribution in [1.82, 2.24) is 20.0 Å². The topological polar surface area (TPSA) is 71.3 Å². The van der Waals surface area contributed by atoms with E-state index in [4.69, 9.17) is 14.2 Å². The van der Waals surface area contributed by atoms with Gasteiger partial charge in [0.15, 0.2) is 0 Å². The Labute approximate surface area is 165 Å². The average Bonchev–Trinajstić information content (AvgIpc) is 3.41. The summed E-state index contributed by atoms with van der Waals surface area (Å²) in [5, 5.41) is 8.62. The molecule has 0 N–H and O–H groups in total. The van der Waals surface area contributed by atoms with Crippen LogP contribution in [0.1, 0.15) is 24.5 Å². The van der Waals surface area contributed by atoms with Gasteiger partial charge in [-0.15, -0.1) is 5.10 Å². The lowest BCUT2D eigenvalue weighted by Crippen LogP contribution is -2.10. The number of pyridine rings is 1. The Balaban J connectivity index is 1.65. The molecule has 4 rings (SSSR count). The third-order valence-corrected chi connectivity index (χ3v) is 5.44. The summed E-state index contributed by atoms with van der Waals surface area (Å²) in [4.78, 5) is 4.38. The van der Waals surface area contributed by atoms with Gasteiger partial charge in [0.1, 0.15) is 17.4 Å². The lowest BCUT2D eigenvalue weighted by molar-refractivity contribution is 0.0260. The van der Waals surface area contributed by atoms with E-state index < -0.39 is 0 Å². The summed E-state index contributed by atoms with van der Waals surface area (Å²) in [5.41, 5.74) is 2.61. The second-order valence-corrected chi connectivity index (χ2v) is 7.43. The maximum Gasteiger partial charge on any atom is 0.225 e. The van der Waals surface area contributed by atoms with Crippen LogP contribution in [0, 0.1) is 5.92 Å². The Morgan fingerprint density at radius 1 is 1.26 bits per heavy atom. The number of hydrogen-bond donors (Lipinski definition) is 0. The zero-order valence-electron chi connectivity index (χ0n) is 15.3. The van der Waals surface area contributed by atoms with Gasteiger partial charge in [0.05, 0.1) is 16.6 Å². The van der Waals surface area contributed by atoms with Crippen molar-refractivity contribution >= 4 is 27.0 Å². The summed E-state index contributed by atoms with van der Waals surface area (Å²) >= 11 is 3.62. The van der Waals surface area contributed by atoms with Crippen LogP contribution in [-0.4, -0.2) is 40.8 Å². The third-order valence-electron chi connectivity index (χ3n) is 4.67. The molecule has 8 heteroatoms.